The van der Waals surface area contributed by atoms with Gasteiger partial charge in [0.15, 0.2) is 0 Å². The van der Waals surface area contributed by atoms with Crippen LogP contribution in [0.5, 0.6) is 0 Å². The topological polar surface area (TPSA) is 38.1 Å². The molecule has 108 valence electrons. The molecule has 0 spiro atoms. The van der Waals surface area contributed by atoms with Crippen molar-refractivity contribution in [3.63, 3.8) is 0 Å². The number of furan rings is 1. The summed E-state index contributed by atoms with van der Waals surface area (Å²) in [6.45, 7) is 6.99. The molecule has 0 amide bonds. The van der Waals surface area contributed by atoms with E-state index in [0.717, 1.165) is 29.3 Å². The minimum absolute atomic E-state index is 0.153. The number of nitrogens with one attached hydrogen (secondary N) is 1. The molecule has 0 fully saturated rings. The molecule has 1 aromatic carbocycles. The van der Waals surface area contributed by atoms with E-state index in [9.17, 15) is 0 Å². The highest BCUT2D eigenvalue weighted by molar-refractivity contribution is 5.82. The van der Waals surface area contributed by atoms with Crippen molar-refractivity contribution in [1.29, 1.82) is 0 Å². The van der Waals surface area contributed by atoms with Gasteiger partial charge in [-0.2, -0.15) is 0 Å². The SMILES string of the molecule is Cc1cccc(CNC(C)c2oc3ccccc3c2C)n1. The van der Waals surface area contributed by atoms with Gasteiger partial charge in [-0.3, -0.25) is 4.98 Å². The first kappa shape index (κ1) is 13.8. The normalized spacial score (nSPS) is 12.7. The molecule has 3 rings (SSSR count). The Morgan fingerprint density at radius 3 is 2.67 bits per heavy atom. The summed E-state index contributed by atoms with van der Waals surface area (Å²) >= 11 is 0. The maximum absolute atomic E-state index is 5.99. The summed E-state index contributed by atoms with van der Waals surface area (Å²) in [5.41, 5.74) is 4.26. The largest absolute Gasteiger partial charge is 0.459 e. The maximum Gasteiger partial charge on any atom is 0.134 e. The van der Waals surface area contributed by atoms with Gasteiger partial charge in [-0.1, -0.05) is 24.3 Å². The van der Waals surface area contributed by atoms with Crippen LogP contribution in [0.4, 0.5) is 0 Å². The average Bonchev–Trinajstić information content (AvgIpc) is 2.83. The minimum Gasteiger partial charge on any atom is -0.459 e. The zero-order chi connectivity index (χ0) is 14.8. The molecule has 3 nitrogen and oxygen atoms in total. The molecule has 0 aliphatic carbocycles. The number of para-hydroxylation sites is 1. The van der Waals surface area contributed by atoms with Gasteiger partial charge in [0.1, 0.15) is 11.3 Å². The van der Waals surface area contributed by atoms with E-state index in [1.807, 2.05) is 43.3 Å². The van der Waals surface area contributed by atoms with Crippen LogP contribution < -0.4 is 5.32 Å². The van der Waals surface area contributed by atoms with Crippen LogP contribution in [0.2, 0.25) is 0 Å². The molecule has 0 aliphatic heterocycles. The Hall–Kier alpha value is -2.13. The van der Waals surface area contributed by atoms with Crippen LogP contribution >= 0.6 is 0 Å². The monoisotopic (exact) mass is 280 g/mol. The summed E-state index contributed by atoms with van der Waals surface area (Å²) < 4.78 is 5.99. The third-order valence-corrected chi connectivity index (χ3v) is 3.81. The standard InChI is InChI=1S/C18H20N2O/c1-12-7-6-8-15(20-12)11-19-14(3)18-13(2)16-9-4-5-10-17(16)21-18/h4-10,14,19H,11H2,1-3H3. The van der Waals surface area contributed by atoms with Crippen LogP contribution in [0.3, 0.4) is 0 Å². The molecule has 2 heterocycles. The molecule has 0 saturated heterocycles. The number of hydrogen-bond acceptors (Lipinski definition) is 3. The third kappa shape index (κ3) is 2.83. The summed E-state index contributed by atoms with van der Waals surface area (Å²) in [6, 6.07) is 14.4. The summed E-state index contributed by atoms with van der Waals surface area (Å²) in [4.78, 5) is 4.51. The predicted octanol–water partition coefficient (Wildman–Crippen LogP) is 4.30. The number of rotatable bonds is 4. The van der Waals surface area contributed by atoms with E-state index in [1.54, 1.807) is 0 Å². The fourth-order valence-corrected chi connectivity index (χ4v) is 2.65. The zero-order valence-electron chi connectivity index (χ0n) is 12.7. The second-order valence-corrected chi connectivity index (χ2v) is 5.46. The van der Waals surface area contributed by atoms with E-state index in [-0.39, 0.29) is 6.04 Å². The Balaban J connectivity index is 1.78. The number of aromatic nitrogens is 1. The second kappa shape index (κ2) is 5.70. The van der Waals surface area contributed by atoms with Crippen molar-refractivity contribution in [2.24, 2.45) is 0 Å². The van der Waals surface area contributed by atoms with Crippen molar-refractivity contribution in [2.75, 3.05) is 0 Å². The first-order valence-electron chi connectivity index (χ1n) is 7.29. The van der Waals surface area contributed by atoms with Crippen LogP contribution in [-0.2, 0) is 6.54 Å². The summed E-state index contributed by atoms with van der Waals surface area (Å²) in [5, 5.41) is 4.68. The number of benzene rings is 1. The first-order chi connectivity index (χ1) is 10.1. The Bertz CT molecular complexity index is 761. The lowest BCUT2D eigenvalue weighted by Crippen LogP contribution is -2.19. The molecule has 1 N–H and O–H groups in total. The van der Waals surface area contributed by atoms with Gasteiger partial charge in [0, 0.05) is 17.6 Å². The van der Waals surface area contributed by atoms with E-state index in [4.69, 9.17) is 4.42 Å². The lowest BCUT2D eigenvalue weighted by atomic mass is 10.1. The Morgan fingerprint density at radius 1 is 1.10 bits per heavy atom. The van der Waals surface area contributed by atoms with E-state index in [2.05, 4.69) is 30.2 Å². The molecule has 0 aliphatic rings. The molecule has 0 radical (unpaired) electrons. The molecule has 0 saturated carbocycles. The van der Waals surface area contributed by atoms with E-state index < -0.39 is 0 Å². The number of nitrogens with zero attached hydrogens (tertiary/aromatic N) is 1. The third-order valence-electron chi connectivity index (χ3n) is 3.81. The van der Waals surface area contributed by atoms with Gasteiger partial charge in [0.2, 0.25) is 0 Å². The van der Waals surface area contributed by atoms with Crippen molar-refractivity contribution < 1.29 is 4.42 Å². The van der Waals surface area contributed by atoms with Crippen molar-refractivity contribution in [3.05, 3.63) is 65.2 Å². The molecule has 1 unspecified atom stereocenters. The van der Waals surface area contributed by atoms with Crippen LogP contribution in [0.1, 0.15) is 35.7 Å². The quantitative estimate of drug-likeness (QED) is 0.774. The van der Waals surface area contributed by atoms with E-state index in [0.29, 0.717) is 0 Å². The molecule has 3 heteroatoms. The molecular formula is C18H20N2O. The summed E-state index contributed by atoms with van der Waals surface area (Å²) in [5.74, 6) is 1.00. The Labute approximate surface area is 125 Å². The van der Waals surface area contributed by atoms with Crippen LogP contribution in [0, 0.1) is 13.8 Å². The lowest BCUT2D eigenvalue weighted by Gasteiger charge is -2.12. The van der Waals surface area contributed by atoms with E-state index >= 15 is 0 Å². The minimum atomic E-state index is 0.153. The van der Waals surface area contributed by atoms with Gasteiger partial charge in [0.25, 0.3) is 0 Å². The highest BCUT2D eigenvalue weighted by Crippen LogP contribution is 2.29. The van der Waals surface area contributed by atoms with Crippen molar-refractivity contribution >= 4 is 11.0 Å². The van der Waals surface area contributed by atoms with Gasteiger partial charge in [-0.25, -0.2) is 0 Å². The van der Waals surface area contributed by atoms with Crippen molar-refractivity contribution in [1.82, 2.24) is 10.3 Å². The number of pyridine rings is 1. The average molecular weight is 280 g/mol. The molecule has 0 bridgehead atoms. The van der Waals surface area contributed by atoms with Gasteiger partial charge in [0.05, 0.1) is 11.7 Å². The highest BCUT2D eigenvalue weighted by Gasteiger charge is 2.15. The molecule has 3 aromatic rings. The molecule has 21 heavy (non-hydrogen) atoms. The fourth-order valence-electron chi connectivity index (χ4n) is 2.65. The molecule has 2 aromatic heterocycles. The Morgan fingerprint density at radius 2 is 1.90 bits per heavy atom. The summed E-state index contributed by atoms with van der Waals surface area (Å²) in [7, 11) is 0. The number of fused-ring (bicyclic) bond motifs is 1. The van der Waals surface area contributed by atoms with Crippen molar-refractivity contribution in [2.45, 2.75) is 33.4 Å². The van der Waals surface area contributed by atoms with Crippen LogP contribution in [-0.4, -0.2) is 4.98 Å². The summed E-state index contributed by atoms with van der Waals surface area (Å²) in [6.07, 6.45) is 0. The molecule has 1 atom stereocenters. The number of hydrogen-bond donors (Lipinski definition) is 1. The zero-order valence-corrected chi connectivity index (χ0v) is 12.7. The van der Waals surface area contributed by atoms with E-state index in [1.165, 1.54) is 10.9 Å². The van der Waals surface area contributed by atoms with Gasteiger partial charge in [-0.05, 0) is 44.5 Å². The second-order valence-electron chi connectivity index (χ2n) is 5.46. The molecular weight excluding hydrogens is 260 g/mol. The maximum atomic E-state index is 5.99. The Kier molecular flexibility index (Phi) is 3.76. The van der Waals surface area contributed by atoms with Crippen LogP contribution in [0.25, 0.3) is 11.0 Å². The first-order valence-corrected chi connectivity index (χ1v) is 7.29. The van der Waals surface area contributed by atoms with Crippen molar-refractivity contribution in [3.8, 4) is 0 Å². The number of aryl methyl sites for hydroxylation is 2. The van der Waals surface area contributed by atoms with Gasteiger partial charge < -0.3 is 9.73 Å². The predicted molar refractivity (Wildman–Crippen MR) is 85.2 cm³/mol. The highest BCUT2D eigenvalue weighted by atomic mass is 16.3. The van der Waals surface area contributed by atoms with Crippen LogP contribution in [0.15, 0.2) is 46.9 Å². The van der Waals surface area contributed by atoms with Gasteiger partial charge in [-0.15, -0.1) is 0 Å². The fraction of sp³-hybridized carbons (Fsp3) is 0.278. The van der Waals surface area contributed by atoms with Gasteiger partial charge >= 0.3 is 0 Å². The smallest absolute Gasteiger partial charge is 0.134 e. The lowest BCUT2D eigenvalue weighted by molar-refractivity contribution is 0.445.